The first kappa shape index (κ1) is 23.9. The summed E-state index contributed by atoms with van der Waals surface area (Å²) in [5.74, 6) is -1.47. The second-order valence-electron chi connectivity index (χ2n) is 8.93. The zero-order valence-corrected chi connectivity index (χ0v) is 19.2. The number of amides is 2. The highest BCUT2D eigenvalue weighted by Crippen LogP contribution is 2.26. The molecule has 1 unspecified atom stereocenters. The summed E-state index contributed by atoms with van der Waals surface area (Å²) in [4.78, 5) is 25.0. The van der Waals surface area contributed by atoms with E-state index in [1.165, 1.54) is 16.4 Å². The Labute approximate surface area is 188 Å². The molecule has 0 radical (unpaired) electrons. The van der Waals surface area contributed by atoms with Crippen LogP contribution in [0.15, 0.2) is 53.4 Å². The van der Waals surface area contributed by atoms with Crippen molar-refractivity contribution in [2.24, 2.45) is 11.3 Å². The van der Waals surface area contributed by atoms with Gasteiger partial charge >= 0.3 is 0 Å². The molecular formula is C23H28FN3O4S. The van der Waals surface area contributed by atoms with E-state index in [1.807, 2.05) is 20.8 Å². The predicted molar refractivity (Wildman–Crippen MR) is 121 cm³/mol. The molecule has 1 saturated heterocycles. The van der Waals surface area contributed by atoms with Crippen molar-refractivity contribution in [2.75, 3.05) is 23.7 Å². The summed E-state index contributed by atoms with van der Waals surface area (Å²) in [6, 6.07) is 11.5. The molecule has 172 valence electrons. The number of anilines is 2. The van der Waals surface area contributed by atoms with E-state index in [2.05, 4.69) is 10.6 Å². The Morgan fingerprint density at radius 1 is 1.03 bits per heavy atom. The number of piperidine rings is 1. The standard InChI is InChI=1S/C23H28FN3O4S/c1-23(2,3)22(29)26-19-8-4-7-18(14-19)25-21(28)16-6-5-13-27(15-16)32(30,31)20-11-9-17(24)10-12-20/h4,7-12,14,16H,5-6,13,15H2,1-3H3,(H,25,28)(H,26,29). The van der Waals surface area contributed by atoms with E-state index < -0.39 is 27.2 Å². The number of nitrogens with one attached hydrogen (secondary N) is 2. The van der Waals surface area contributed by atoms with Crippen molar-refractivity contribution < 1.29 is 22.4 Å². The Morgan fingerprint density at radius 2 is 1.66 bits per heavy atom. The number of halogens is 1. The van der Waals surface area contributed by atoms with Gasteiger partial charge in [-0.3, -0.25) is 9.59 Å². The molecule has 0 aromatic heterocycles. The number of sulfonamides is 1. The van der Waals surface area contributed by atoms with Crippen LogP contribution in [0.2, 0.25) is 0 Å². The molecule has 1 fully saturated rings. The number of hydrogen-bond acceptors (Lipinski definition) is 4. The lowest BCUT2D eigenvalue weighted by atomic mass is 9.95. The van der Waals surface area contributed by atoms with Crippen molar-refractivity contribution >= 4 is 33.2 Å². The van der Waals surface area contributed by atoms with E-state index in [0.29, 0.717) is 30.8 Å². The van der Waals surface area contributed by atoms with Gasteiger partial charge in [-0.25, -0.2) is 12.8 Å². The molecule has 2 N–H and O–H groups in total. The van der Waals surface area contributed by atoms with Crippen LogP contribution in [-0.2, 0) is 19.6 Å². The first-order valence-electron chi connectivity index (χ1n) is 10.4. The zero-order valence-electron chi connectivity index (χ0n) is 18.4. The van der Waals surface area contributed by atoms with Gasteiger partial charge in [0.2, 0.25) is 21.8 Å². The summed E-state index contributed by atoms with van der Waals surface area (Å²) in [6.45, 7) is 5.78. The van der Waals surface area contributed by atoms with Gasteiger partial charge in [0.25, 0.3) is 0 Å². The van der Waals surface area contributed by atoms with E-state index in [9.17, 15) is 22.4 Å². The van der Waals surface area contributed by atoms with Crippen LogP contribution in [0.25, 0.3) is 0 Å². The highest BCUT2D eigenvalue weighted by atomic mass is 32.2. The van der Waals surface area contributed by atoms with Gasteiger partial charge in [0.15, 0.2) is 0 Å². The number of rotatable bonds is 5. The summed E-state index contributed by atoms with van der Waals surface area (Å²) < 4.78 is 40.2. The SMILES string of the molecule is CC(C)(C)C(=O)Nc1cccc(NC(=O)C2CCCN(S(=O)(=O)c3ccc(F)cc3)C2)c1. The molecule has 7 nitrogen and oxygen atoms in total. The molecule has 0 saturated carbocycles. The Kier molecular flexibility index (Phi) is 7.00. The second kappa shape index (κ2) is 9.38. The van der Waals surface area contributed by atoms with Crippen molar-refractivity contribution in [2.45, 2.75) is 38.5 Å². The molecule has 2 aromatic carbocycles. The van der Waals surface area contributed by atoms with Crippen molar-refractivity contribution in [1.29, 1.82) is 0 Å². The van der Waals surface area contributed by atoms with Crippen LogP contribution in [0.3, 0.4) is 0 Å². The molecule has 9 heteroatoms. The maximum Gasteiger partial charge on any atom is 0.243 e. The third-order valence-electron chi connectivity index (χ3n) is 5.28. The summed E-state index contributed by atoms with van der Waals surface area (Å²) in [5, 5.41) is 5.64. The number of nitrogens with zero attached hydrogens (tertiary/aromatic N) is 1. The van der Waals surface area contributed by atoms with Crippen LogP contribution in [0.5, 0.6) is 0 Å². The molecule has 0 aliphatic carbocycles. The number of benzene rings is 2. The van der Waals surface area contributed by atoms with Crippen LogP contribution in [0.4, 0.5) is 15.8 Å². The smallest absolute Gasteiger partial charge is 0.243 e. The maximum absolute atomic E-state index is 13.2. The number of carbonyl (C=O) groups is 2. The first-order chi connectivity index (χ1) is 15.0. The summed E-state index contributed by atoms with van der Waals surface area (Å²) in [5.41, 5.74) is 0.521. The minimum Gasteiger partial charge on any atom is -0.326 e. The molecule has 0 bridgehead atoms. The molecule has 2 amide bonds. The van der Waals surface area contributed by atoms with Crippen LogP contribution in [0.1, 0.15) is 33.6 Å². The van der Waals surface area contributed by atoms with E-state index in [0.717, 1.165) is 12.1 Å². The molecule has 3 rings (SSSR count). The van der Waals surface area contributed by atoms with Gasteiger partial charge in [-0.15, -0.1) is 0 Å². The number of carbonyl (C=O) groups excluding carboxylic acids is 2. The molecule has 1 aliphatic heterocycles. The molecule has 1 heterocycles. The van der Waals surface area contributed by atoms with Gasteiger partial charge in [0.05, 0.1) is 10.8 Å². The quantitative estimate of drug-likeness (QED) is 0.707. The van der Waals surface area contributed by atoms with E-state index in [-0.39, 0.29) is 23.3 Å². The molecule has 1 atom stereocenters. The Bertz CT molecular complexity index is 1090. The van der Waals surface area contributed by atoms with Gasteiger partial charge in [-0.1, -0.05) is 26.8 Å². The van der Waals surface area contributed by atoms with Crippen molar-refractivity contribution in [3.63, 3.8) is 0 Å². The topological polar surface area (TPSA) is 95.6 Å². The second-order valence-corrected chi connectivity index (χ2v) is 10.9. The first-order valence-corrected chi connectivity index (χ1v) is 11.9. The lowest BCUT2D eigenvalue weighted by Gasteiger charge is -2.31. The molecule has 0 spiro atoms. The summed E-state index contributed by atoms with van der Waals surface area (Å²) >= 11 is 0. The highest BCUT2D eigenvalue weighted by Gasteiger charge is 2.33. The minimum atomic E-state index is -3.81. The lowest BCUT2D eigenvalue weighted by Crippen LogP contribution is -2.43. The van der Waals surface area contributed by atoms with Crippen LogP contribution in [-0.4, -0.2) is 37.6 Å². The van der Waals surface area contributed by atoms with Crippen LogP contribution < -0.4 is 10.6 Å². The van der Waals surface area contributed by atoms with E-state index >= 15 is 0 Å². The fraction of sp³-hybridized carbons (Fsp3) is 0.391. The fourth-order valence-electron chi connectivity index (χ4n) is 3.37. The predicted octanol–water partition coefficient (Wildman–Crippen LogP) is 3.85. The normalized spacial score (nSPS) is 17.6. The van der Waals surface area contributed by atoms with Gasteiger partial charge in [-0.05, 0) is 55.3 Å². The molecule has 2 aromatic rings. The Morgan fingerprint density at radius 3 is 2.28 bits per heavy atom. The van der Waals surface area contributed by atoms with Gasteiger partial charge < -0.3 is 10.6 Å². The van der Waals surface area contributed by atoms with Crippen LogP contribution in [0, 0.1) is 17.2 Å². The Hall–Kier alpha value is -2.78. The zero-order chi connectivity index (χ0) is 23.5. The molecule has 1 aliphatic rings. The van der Waals surface area contributed by atoms with Gasteiger partial charge in [-0.2, -0.15) is 4.31 Å². The van der Waals surface area contributed by atoms with Gasteiger partial charge in [0, 0.05) is 29.9 Å². The minimum absolute atomic E-state index is 0.00208. The van der Waals surface area contributed by atoms with Crippen molar-refractivity contribution in [1.82, 2.24) is 4.31 Å². The summed E-state index contributed by atoms with van der Waals surface area (Å²) in [7, 11) is -3.81. The molecular weight excluding hydrogens is 433 g/mol. The lowest BCUT2D eigenvalue weighted by molar-refractivity contribution is -0.123. The van der Waals surface area contributed by atoms with Crippen molar-refractivity contribution in [3.8, 4) is 0 Å². The monoisotopic (exact) mass is 461 g/mol. The average Bonchev–Trinajstić information content (AvgIpc) is 2.73. The maximum atomic E-state index is 13.2. The largest absolute Gasteiger partial charge is 0.326 e. The average molecular weight is 462 g/mol. The third-order valence-corrected chi connectivity index (χ3v) is 7.15. The Balaban J connectivity index is 1.67. The third kappa shape index (κ3) is 5.72. The number of hydrogen-bond donors (Lipinski definition) is 2. The van der Waals surface area contributed by atoms with Crippen LogP contribution >= 0.6 is 0 Å². The fourth-order valence-corrected chi connectivity index (χ4v) is 4.89. The van der Waals surface area contributed by atoms with E-state index in [4.69, 9.17) is 0 Å². The van der Waals surface area contributed by atoms with Gasteiger partial charge in [0.1, 0.15) is 5.82 Å². The van der Waals surface area contributed by atoms with E-state index in [1.54, 1.807) is 24.3 Å². The summed E-state index contributed by atoms with van der Waals surface area (Å²) in [6.07, 6.45) is 1.10. The molecule has 32 heavy (non-hydrogen) atoms. The highest BCUT2D eigenvalue weighted by molar-refractivity contribution is 7.89. The van der Waals surface area contributed by atoms with Crippen molar-refractivity contribution in [3.05, 3.63) is 54.3 Å².